The van der Waals surface area contributed by atoms with E-state index in [4.69, 9.17) is 5.84 Å². The fourth-order valence-corrected chi connectivity index (χ4v) is 2.18. The van der Waals surface area contributed by atoms with Gasteiger partial charge in [0.05, 0.1) is 0 Å². The largest absolute Gasteiger partial charge is 0.271 e. The minimum atomic E-state index is 0.424. The minimum Gasteiger partial charge on any atom is -0.271 e. The maximum Gasteiger partial charge on any atom is 0.0270 e. The number of hydrogen-bond donors (Lipinski definition) is 2. The lowest BCUT2D eigenvalue weighted by molar-refractivity contribution is 0.355. The molecule has 1 unspecified atom stereocenters. The molecule has 3 N–H and O–H groups in total. The van der Waals surface area contributed by atoms with Crippen molar-refractivity contribution in [1.82, 2.24) is 10.4 Å². The number of hydrogen-bond acceptors (Lipinski definition) is 3. The van der Waals surface area contributed by atoms with Crippen LogP contribution in [0.15, 0.2) is 24.5 Å². The molecule has 1 aromatic heterocycles. The highest BCUT2D eigenvalue weighted by Crippen LogP contribution is 2.17. The Labute approximate surface area is 105 Å². The van der Waals surface area contributed by atoms with Crippen molar-refractivity contribution in [2.75, 3.05) is 0 Å². The molecule has 1 atom stereocenters. The Balaban J connectivity index is 2.37. The topological polar surface area (TPSA) is 50.9 Å². The average molecular weight is 235 g/mol. The molecule has 0 saturated heterocycles. The summed E-state index contributed by atoms with van der Waals surface area (Å²) < 4.78 is 0. The Bertz CT molecular complexity index is 283. The van der Waals surface area contributed by atoms with E-state index in [0.29, 0.717) is 6.04 Å². The number of rotatable bonds is 8. The molecule has 0 aromatic carbocycles. The van der Waals surface area contributed by atoms with Gasteiger partial charge in [0.15, 0.2) is 0 Å². The second-order valence-electron chi connectivity index (χ2n) is 4.68. The van der Waals surface area contributed by atoms with E-state index in [1.165, 1.54) is 24.8 Å². The lowest BCUT2D eigenvalue weighted by Gasteiger charge is -2.21. The molecule has 0 aliphatic rings. The van der Waals surface area contributed by atoms with E-state index in [1.54, 1.807) is 0 Å². The van der Waals surface area contributed by atoms with Crippen molar-refractivity contribution in [2.45, 2.75) is 52.0 Å². The van der Waals surface area contributed by atoms with Gasteiger partial charge in [0.2, 0.25) is 0 Å². The van der Waals surface area contributed by atoms with Gasteiger partial charge in [-0.1, -0.05) is 26.7 Å². The third-order valence-corrected chi connectivity index (χ3v) is 3.54. The Morgan fingerprint density at radius 3 is 2.41 bits per heavy atom. The van der Waals surface area contributed by atoms with Gasteiger partial charge in [-0.3, -0.25) is 16.3 Å². The third-order valence-electron chi connectivity index (χ3n) is 3.54. The van der Waals surface area contributed by atoms with E-state index >= 15 is 0 Å². The fourth-order valence-electron chi connectivity index (χ4n) is 2.18. The number of aryl methyl sites for hydroxylation is 1. The molecule has 3 nitrogen and oxygen atoms in total. The number of hydrazine groups is 1. The van der Waals surface area contributed by atoms with Gasteiger partial charge in [-0.25, -0.2) is 0 Å². The molecule has 0 fully saturated rings. The van der Waals surface area contributed by atoms with Crippen LogP contribution < -0.4 is 11.3 Å². The molecular weight excluding hydrogens is 210 g/mol. The highest BCUT2D eigenvalue weighted by molar-refractivity contribution is 5.09. The monoisotopic (exact) mass is 235 g/mol. The second kappa shape index (κ2) is 8.20. The highest BCUT2D eigenvalue weighted by Gasteiger charge is 2.12. The van der Waals surface area contributed by atoms with Gasteiger partial charge in [0, 0.05) is 18.4 Å². The predicted molar refractivity (Wildman–Crippen MR) is 72.4 cm³/mol. The van der Waals surface area contributed by atoms with E-state index in [2.05, 4.69) is 36.4 Å². The maximum absolute atomic E-state index is 5.63. The quantitative estimate of drug-likeness (QED) is 0.538. The van der Waals surface area contributed by atoms with Gasteiger partial charge in [-0.05, 0) is 42.9 Å². The third kappa shape index (κ3) is 5.29. The molecule has 0 radical (unpaired) electrons. The minimum absolute atomic E-state index is 0.424. The zero-order valence-electron chi connectivity index (χ0n) is 11.0. The summed E-state index contributed by atoms with van der Waals surface area (Å²) in [5.41, 5.74) is 4.29. The highest BCUT2D eigenvalue weighted by atomic mass is 15.2. The second-order valence-corrected chi connectivity index (χ2v) is 4.68. The summed E-state index contributed by atoms with van der Waals surface area (Å²) in [5, 5.41) is 0. The number of pyridine rings is 1. The van der Waals surface area contributed by atoms with Crippen molar-refractivity contribution in [3.05, 3.63) is 30.1 Å². The van der Waals surface area contributed by atoms with Crippen LogP contribution in [-0.2, 0) is 6.42 Å². The smallest absolute Gasteiger partial charge is 0.0270 e. The van der Waals surface area contributed by atoms with E-state index in [9.17, 15) is 0 Å². The number of nitrogens with one attached hydrogen (secondary N) is 1. The van der Waals surface area contributed by atoms with E-state index in [-0.39, 0.29) is 0 Å². The Hall–Kier alpha value is -0.930. The first-order chi connectivity index (χ1) is 8.30. The van der Waals surface area contributed by atoms with Gasteiger partial charge >= 0.3 is 0 Å². The molecule has 0 amide bonds. The molecule has 1 rings (SSSR count). The SMILES string of the molecule is CCC(CC)CC(CCc1ccncc1)NN. The molecular formula is C14H25N3. The molecule has 1 aromatic rings. The standard InChI is InChI=1S/C14H25N3/c1-3-12(4-2)11-14(17-15)6-5-13-7-9-16-10-8-13/h7-10,12,14,17H,3-6,11,15H2,1-2H3. The summed E-state index contributed by atoms with van der Waals surface area (Å²) in [5.74, 6) is 6.42. The molecule has 0 spiro atoms. The van der Waals surface area contributed by atoms with Gasteiger partial charge in [0.1, 0.15) is 0 Å². The summed E-state index contributed by atoms with van der Waals surface area (Å²) in [4.78, 5) is 4.03. The summed E-state index contributed by atoms with van der Waals surface area (Å²) in [6, 6.07) is 4.57. The molecule has 96 valence electrons. The zero-order chi connectivity index (χ0) is 12.5. The van der Waals surface area contributed by atoms with Crippen LogP contribution in [0.4, 0.5) is 0 Å². The number of nitrogens with zero attached hydrogens (tertiary/aromatic N) is 1. The molecule has 1 heterocycles. The van der Waals surface area contributed by atoms with E-state index in [1.807, 2.05) is 12.4 Å². The maximum atomic E-state index is 5.63. The van der Waals surface area contributed by atoms with Crippen LogP contribution in [0.25, 0.3) is 0 Å². The lowest BCUT2D eigenvalue weighted by atomic mass is 9.92. The van der Waals surface area contributed by atoms with Crippen molar-refractivity contribution in [3.63, 3.8) is 0 Å². The first kappa shape index (κ1) is 14.1. The van der Waals surface area contributed by atoms with Crippen molar-refractivity contribution >= 4 is 0 Å². The van der Waals surface area contributed by atoms with Crippen LogP contribution in [0, 0.1) is 5.92 Å². The Kier molecular flexibility index (Phi) is 6.82. The van der Waals surface area contributed by atoms with Gasteiger partial charge in [-0.15, -0.1) is 0 Å². The van der Waals surface area contributed by atoms with Crippen molar-refractivity contribution in [1.29, 1.82) is 0 Å². The predicted octanol–water partition coefficient (Wildman–Crippen LogP) is 2.67. The molecule has 0 bridgehead atoms. The van der Waals surface area contributed by atoms with Crippen LogP contribution in [0.2, 0.25) is 0 Å². The number of aromatic nitrogens is 1. The molecule has 0 saturated carbocycles. The molecule has 17 heavy (non-hydrogen) atoms. The summed E-state index contributed by atoms with van der Waals surface area (Å²) >= 11 is 0. The molecule has 3 heteroatoms. The Morgan fingerprint density at radius 2 is 1.88 bits per heavy atom. The van der Waals surface area contributed by atoms with Crippen LogP contribution in [0.3, 0.4) is 0 Å². The first-order valence-corrected chi connectivity index (χ1v) is 6.65. The van der Waals surface area contributed by atoms with E-state index < -0.39 is 0 Å². The zero-order valence-corrected chi connectivity index (χ0v) is 11.0. The van der Waals surface area contributed by atoms with Crippen LogP contribution in [-0.4, -0.2) is 11.0 Å². The summed E-state index contributed by atoms with van der Waals surface area (Å²) in [7, 11) is 0. The first-order valence-electron chi connectivity index (χ1n) is 6.65. The molecule has 0 aliphatic carbocycles. The fraction of sp³-hybridized carbons (Fsp3) is 0.643. The van der Waals surface area contributed by atoms with Gasteiger partial charge in [-0.2, -0.15) is 0 Å². The molecule has 0 aliphatic heterocycles. The van der Waals surface area contributed by atoms with Gasteiger partial charge < -0.3 is 0 Å². The lowest BCUT2D eigenvalue weighted by Crippen LogP contribution is -2.37. The van der Waals surface area contributed by atoms with Crippen LogP contribution in [0.1, 0.15) is 45.1 Å². The summed E-state index contributed by atoms with van der Waals surface area (Å²) in [6.07, 6.45) is 9.51. The average Bonchev–Trinajstić information content (AvgIpc) is 2.40. The van der Waals surface area contributed by atoms with Crippen molar-refractivity contribution in [2.24, 2.45) is 11.8 Å². The number of nitrogens with two attached hydrogens (primary N) is 1. The van der Waals surface area contributed by atoms with E-state index in [0.717, 1.165) is 18.8 Å². The normalized spacial score (nSPS) is 12.9. The van der Waals surface area contributed by atoms with Crippen molar-refractivity contribution < 1.29 is 0 Å². The van der Waals surface area contributed by atoms with Gasteiger partial charge in [0.25, 0.3) is 0 Å². The van der Waals surface area contributed by atoms with Crippen LogP contribution in [0.5, 0.6) is 0 Å². The van der Waals surface area contributed by atoms with Crippen LogP contribution >= 0.6 is 0 Å². The van der Waals surface area contributed by atoms with Crippen molar-refractivity contribution in [3.8, 4) is 0 Å². The Morgan fingerprint density at radius 1 is 1.24 bits per heavy atom. The summed E-state index contributed by atoms with van der Waals surface area (Å²) in [6.45, 7) is 4.51.